The molecule has 0 saturated heterocycles. The van der Waals surface area contributed by atoms with Gasteiger partial charge in [-0.15, -0.1) is 0 Å². The summed E-state index contributed by atoms with van der Waals surface area (Å²) in [5.41, 5.74) is 6.03. The van der Waals surface area contributed by atoms with Crippen molar-refractivity contribution in [3.05, 3.63) is 11.1 Å². The molecule has 22 heavy (non-hydrogen) atoms. The lowest BCUT2D eigenvalue weighted by Gasteiger charge is -2.44. The lowest BCUT2D eigenvalue weighted by molar-refractivity contribution is 0.156. The topological polar surface area (TPSA) is 0 Å². The predicted molar refractivity (Wildman–Crippen MR) is 99.0 cm³/mol. The van der Waals surface area contributed by atoms with Crippen LogP contribution in [0.25, 0.3) is 0 Å². The molecular weight excluding hydrogens is 304 g/mol. The highest BCUT2D eigenvalue weighted by atomic mass is 33.1. The van der Waals surface area contributed by atoms with E-state index < -0.39 is 0 Å². The lowest BCUT2D eigenvalue weighted by atomic mass is 9.71. The minimum atomic E-state index is 0.509. The zero-order valence-electron chi connectivity index (χ0n) is 15.0. The normalized spacial score (nSPS) is 56.5. The van der Waals surface area contributed by atoms with Gasteiger partial charge in [0.05, 0.1) is 0 Å². The maximum atomic E-state index is 2.61. The van der Waals surface area contributed by atoms with E-state index in [2.05, 4.69) is 63.1 Å². The lowest BCUT2D eigenvalue weighted by Crippen LogP contribution is -2.38. The fraction of sp³-hybridized carbons (Fsp3) is 0.900. The van der Waals surface area contributed by atoms with Crippen LogP contribution in [0.15, 0.2) is 11.1 Å². The van der Waals surface area contributed by atoms with Crippen LogP contribution in [0.2, 0.25) is 0 Å². The Morgan fingerprint density at radius 2 is 1.05 bits per heavy atom. The van der Waals surface area contributed by atoms with E-state index in [0.717, 1.165) is 22.3 Å². The maximum Gasteiger partial charge on any atom is 0.0425 e. The second-order valence-corrected chi connectivity index (χ2v) is 12.8. The third kappa shape index (κ3) is 1.22. The summed E-state index contributed by atoms with van der Waals surface area (Å²) in [7, 11) is 4.54. The van der Waals surface area contributed by atoms with Crippen molar-refractivity contribution in [1.82, 2.24) is 0 Å². The summed E-state index contributed by atoms with van der Waals surface area (Å²) in [6.45, 7) is 15.5. The van der Waals surface area contributed by atoms with Crippen LogP contribution in [-0.4, -0.2) is 10.5 Å². The Bertz CT molecular complexity index is 549. The molecule has 5 rings (SSSR count). The summed E-state index contributed by atoms with van der Waals surface area (Å²) >= 11 is 0. The number of rotatable bonds is 0. The smallest absolute Gasteiger partial charge is 0.0425 e. The van der Waals surface area contributed by atoms with Crippen LogP contribution in [0, 0.1) is 33.5 Å². The fourth-order valence-corrected chi connectivity index (χ4v) is 12.1. The molecule has 0 aromatic carbocycles. The Morgan fingerprint density at radius 1 is 0.682 bits per heavy atom. The molecule has 4 aliphatic carbocycles. The van der Waals surface area contributed by atoms with Crippen LogP contribution in [0.1, 0.15) is 67.2 Å². The molecule has 6 atom stereocenters. The van der Waals surface area contributed by atoms with Crippen molar-refractivity contribution in [2.24, 2.45) is 33.5 Å². The van der Waals surface area contributed by atoms with Gasteiger partial charge in [-0.05, 0) is 59.2 Å². The van der Waals surface area contributed by atoms with Crippen molar-refractivity contribution in [2.75, 3.05) is 0 Å². The molecule has 0 amide bonds. The molecule has 0 N–H and O–H groups in total. The summed E-state index contributed by atoms with van der Waals surface area (Å²) in [4.78, 5) is 0. The minimum Gasteiger partial charge on any atom is -0.0850 e. The number of fused-ring (bicyclic) bond motifs is 10. The molecule has 1 aliphatic heterocycles. The number of hydrogen-bond donors (Lipinski definition) is 0. The molecule has 0 radical (unpaired) electrons. The van der Waals surface area contributed by atoms with E-state index in [-0.39, 0.29) is 0 Å². The van der Waals surface area contributed by atoms with Gasteiger partial charge in [0.1, 0.15) is 0 Å². The molecule has 0 aromatic heterocycles. The van der Waals surface area contributed by atoms with Gasteiger partial charge in [-0.3, -0.25) is 0 Å². The first-order chi connectivity index (χ1) is 10.2. The Balaban J connectivity index is 1.75. The van der Waals surface area contributed by atoms with Crippen molar-refractivity contribution < 1.29 is 0 Å². The molecule has 4 saturated carbocycles. The van der Waals surface area contributed by atoms with Gasteiger partial charge in [-0.2, -0.15) is 0 Å². The van der Waals surface area contributed by atoms with Crippen LogP contribution >= 0.6 is 21.6 Å². The van der Waals surface area contributed by atoms with Gasteiger partial charge in [-0.25, -0.2) is 0 Å². The Kier molecular flexibility index (Phi) is 2.56. The van der Waals surface area contributed by atoms with E-state index in [4.69, 9.17) is 0 Å². The standard InChI is InChI=1S/C20H30S2/c1-17(2)11-7-9-19(17,5)15-13(11)14-12-8-10-20(6,18(12,3)4)16(14)22-21-15/h11-12,15-16H,7-10H2,1-6H3/t11-,12-,15-,16+,19+,20+/m1/s1. The zero-order valence-corrected chi connectivity index (χ0v) is 16.6. The van der Waals surface area contributed by atoms with E-state index in [1.807, 2.05) is 11.1 Å². The SMILES string of the molecule is CC1(C)[C@@H]2CC[C@@]1(C)[C@@H]1SS[C@H]3C(=C21)[C@H]1CC[C@]3(C)C1(C)C. The van der Waals surface area contributed by atoms with Gasteiger partial charge in [-0.1, -0.05) is 74.3 Å². The highest BCUT2D eigenvalue weighted by molar-refractivity contribution is 8.77. The first-order valence-corrected chi connectivity index (χ1v) is 11.5. The van der Waals surface area contributed by atoms with Gasteiger partial charge >= 0.3 is 0 Å². The molecule has 0 nitrogen and oxygen atoms in total. The molecule has 0 spiro atoms. The van der Waals surface area contributed by atoms with Crippen molar-refractivity contribution in [1.29, 1.82) is 0 Å². The Morgan fingerprint density at radius 3 is 1.41 bits per heavy atom. The van der Waals surface area contributed by atoms with Gasteiger partial charge in [0.15, 0.2) is 0 Å². The molecule has 4 fully saturated rings. The third-order valence-corrected chi connectivity index (χ3v) is 13.2. The first kappa shape index (κ1) is 14.8. The summed E-state index contributed by atoms with van der Waals surface area (Å²) in [6.07, 6.45) is 5.83. The molecule has 1 heterocycles. The average Bonchev–Trinajstić information content (AvgIpc) is 2.95. The zero-order chi connectivity index (χ0) is 15.7. The van der Waals surface area contributed by atoms with Gasteiger partial charge in [0.2, 0.25) is 0 Å². The fourth-order valence-electron chi connectivity index (χ4n) is 7.26. The van der Waals surface area contributed by atoms with Gasteiger partial charge < -0.3 is 0 Å². The average molecular weight is 335 g/mol. The van der Waals surface area contributed by atoms with Gasteiger partial charge in [0.25, 0.3) is 0 Å². The maximum absolute atomic E-state index is 2.61. The van der Waals surface area contributed by atoms with Crippen molar-refractivity contribution in [2.45, 2.75) is 77.7 Å². The van der Waals surface area contributed by atoms with E-state index in [1.54, 1.807) is 0 Å². The summed E-state index contributed by atoms with van der Waals surface area (Å²) in [6, 6.07) is 0. The van der Waals surface area contributed by atoms with E-state index in [9.17, 15) is 0 Å². The minimum absolute atomic E-state index is 0.509. The van der Waals surface area contributed by atoms with Crippen LogP contribution in [-0.2, 0) is 0 Å². The molecule has 0 unspecified atom stereocenters. The summed E-state index contributed by atoms with van der Waals surface area (Å²) < 4.78 is 0. The van der Waals surface area contributed by atoms with E-state index in [0.29, 0.717) is 21.7 Å². The Labute approximate surface area is 144 Å². The van der Waals surface area contributed by atoms with Crippen LogP contribution in [0.4, 0.5) is 0 Å². The summed E-state index contributed by atoms with van der Waals surface area (Å²) in [5, 5.41) is 1.63. The largest absolute Gasteiger partial charge is 0.0850 e. The monoisotopic (exact) mass is 334 g/mol. The molecule has 5 aliphatic rings. The van der Waals surface area contributed by atoms with Crippen molar-refractivity contribution >= 4 is 21.6 Å². The quantitative estimate of drug-likeness (QED) is 0.375. The first-order valence-electron chi connectivity index (χ1n) is 9.22. The molecule has 2 heteroatoms. The third-order valence-electron chi connectivity index (χ3n) is 9.65. The second kappa shape index (κ2) is 3.82. The second-order valence-electron chi connectivity index (χ2n) is 10.3. The molecule has 0 aromatic rings. The van der Waals surface area contributed by atoms with Crippen LogP contribution in [0.3, 0.4) is 0 Å². The molecule has 122 valence electrons. The van der Waals surface area contributed by atoms with E-state index in [1.165, 1.54) is 25.7 Å². The molecule has 4 bridgehead atoms. The molecular formula is C20H30S2. The highest BCUT2D eigenvalue weighted by Crippen LogP contribution is 2.80. The number of hydrogen-bond acceptors (Lipinski definition) is 2. The van der Waals surface area contributed by atoms with Crippen LogP contribution in [0.5, 0.6) is 0 Å². The van der Waals surface area contributed by atoms with Crippen molar-refractivity contribution in [3.8, 4) is 0 Å². The van der Waals surface area contributed by atoms with Crippen molar-refractivity contribution in [3.63, 3.8) is 0 Å². The van der Waals surface area contributed by atoms with Gasteiger partial charge in [0, 0.05) is 10.5 Å². The van der Waals surface area contributed by atoms with Crippen LogP contribution < -0.4 is 0 Å². The predicted octanol–water partition coefficient (Wildman–Crippen LogP) is 6.33. The summed E-state index contributed by atoms with van der Waals surface area (Å²) in [5.74, 6) is 1.76. The Hall–Kier alpha value is 0.440. The highest BCUT2D eigenvalue weighted by Gasteiger charge is 2.71. The van der Waals surface area contributed by atoms with E-state index >= 15 is 0 Å².